The van der Waals surface area contributed by atoms with Crippen LogP contribution >= 0.6 is 50.6 Å². The Morgan fingerprint density at radius 2 is 1.94 bits per heavy atom. The Morgan fingerprint density at radius 1 is 1.17 bits per heavy atom. The van der Waals surface area contributed by atoms with Crippen LogP contribution in [0.3, 0.4) is 0 Å². The highest BCUT2D eigenvalue weighted by Crippen LogP contribution is 2.39. The molecule has 0 aliphatic carbocycles. The van der Waals surface area contributed by atoms with Crippen molar-refractivity contribution in [1.29, 1.82) is 0 Å². The summed E-state index contributed by atoms with van der Waals surface area (Å²) in [4.78, 5) is 39.4. The van der Waals surface area contributed by atoms with Gasteiger partial charge in [0.1, 0.15) is 17.2 Å². The fourth-order valence-corrected chi connectivity index (χ4v) is 5.22. The summed E-state index contributed by atoms with van der Waals surface area (Å²) >= 11 is 11.4. The van der Waals surface area contributed by atoms with E-state index < -0.39 is 11.9 Å². The molecule has 0 radical (unpaired) electrons. The van der Waals surface area contributed by atoms with Gasteiger partial charge in [-0.15, -0.1) is 11.3 Å². The zero-order chi connectivity index (χ0) is 24.9. The molecule has 7 nitrogen and oxygen atoms in total. The number of benzene rings is 2. The number of carbonyl (C=O) groups is 3. The molecule has 35 heavy (non-hydrogen) atoms. The molecule has 3 aromatic rings. The van der Waals surface area contributed by atoms with Crippen LogP contribution in [-0.2, 0) is 4.79 Å². The second-order valence-corrected chi connectivity index (χ2v) is 10.3. The normalized spacial score (nSPS) is 14.5. The molecule has 2 aromatic carbocycles. The fraction of sp³-hybridized carbons (Fsp3) is 0.125. The summed E-state index contributed by atoms with van der Waals surface area (Å²) in [6.07, 6.45) is 1.59. The van der Waals surface area contributed by atoms with E-state index in [1.54, 1.807) is 60.0 Å². The lowest BCUT2D eigenvalue weighted by atomic mass is 10.2. The van der Waals surface area contributed by atoms with Gasteiger partial charge in [0.25, 0.3) is 11.1 Å². The van der Waals surface area contributed by atoms with Gasteiger partial charge in [0.15, 0.2) is 11.5 Å². The van der Waals surface area contributed by atoms with Crippen LogP contribution in [0.2, 0.25) is 5.02 Å². The summed E-state index contributed by atoms with van der Waals surface area (Å²) in [5, 5.41) is 1.99. The number of imide groups is 1. The Labute approximate surface area is 222 Å². The second-order valence-electron chi connectivity index (χ2n) is 7.04. The lowest BCUT2D eigenvalue weighted by molar-refractivity contribution is -0.123. The van der Waals surface area contributed by atoms with Gasteiger partial charge in [-0.2, -0.15) is 0 Å². The number of thioether (sulfide) groups is 1. The number of halogens is 2. The highest BCUT2D eigenvalue weighted by Gasteiger charge is 2.35. The summed E-state index contributed by atoms with van der Waals surface area (Å²) in [6.45, 7) is 0.256. The first-order valence-electron chi connectivity index (χ1n) is 10.1. The van der Waals surface area contributed by atoms with Crippen molar-refractivity contribution < 1.29 is 28.6 Å². The van der Waals surface area contributed by atoms with E-state index in [2.05, 4.69) is 15.9 Å². The van der Waals surface area contributed by atoms with Crippen LogP contribution in [0.4, 0.5) is 4.79 Å². The molecule has 0 spiro atoms. The minimum Gasteiger partial charge on any atom is -0.493 e. The molecule has 0 saturated carbocycles. The minimum atomic E-state index is -0.506. The lowest BCUT2D eigenvalue weighted by Crippen LogP contribution is -2.32. The van der Waals surface area contributed by atoms with Crippen LogP contribution in [0.25, 0.3) is 6.08 Å². The van der Waals surface area contributed by atoms with Gasteiger partial charge in [0.05, 0.1) is 23.0 Å². The van der Waals surface area contributed by atoms with Crippen molar-refractivity contribution >= 4 is 73.8 Å². The quantitative estimate of drug-likeness (QED) is 0.167. The van der Waals surface area contributed by atoms with Gasteiger partial charge >= 0.3 is 5.97 Å². The Bertz CT molecular complexity index is 1290. The molecule has 11 heteroatoms. The van der Waals surface area contributed by atoms with Gasteiger partial charge in [-0.1, -0.05) is 17.7 Å². The molecular weight excluding hydrogens is 578 g/mol. The van der Waals surface area contributed by atoms with E-state index in [1.807, 2.05) is 0 Å². The van der Waals surface area contributed by atoms with Crippen molar-refractivity contribution in [2.75, 3.05) is 20.3 Å². The van der Waals surface area contributed by atoms with Crippen LogP contribution < -0.4 is 14.2 Å². The Hall–Kier alpha value is -2.79. The molecule has 4 rings (SSSR count). The molecule has 1 aliphatic rings. The Morgan fingerprint density at radius 3 is 2.63 bits per heavy atom. The Kier molecular flexibility index (Phi) is 8.17. The number of carbonyl (C=O) groups excluding carboxylic acids is 3. The van der Waals surface area contributed by atoms with Gasteiger partial charge in [0.2, 0.25) is 0 Å². The van der Waals surface area contributed by atoms with E-state index >= 15 is 0 Å². The van der Waals surface area contributed by atoms with Gasteiger partial charge in [-0.25, -0.2) is 4.79 Å². The molecule has 0 unspecified atom stereocenters. The summed E-state index contributed by atoms with van der Waals surface area (Å²) in [7, 11) is 1.45. The smallest absolute Gasteiger partial charge is 0.353 e. The number of esters is 1. The van der Waals surface area contributed by atoms with Crippen molar-refractivity contribution in [3.05, 3.63) is 78.8 Å². The summed E-state index contributed by atoms with van der Waals surface area (Å²) in [6, 6.07) is 13.5. The zero-order valence-corrected chi connectivity index (χ0v) is 22.1. The Balaban J connectivity index is 1.46. The van der Waals surface area contributed by atoms with Gasteiger partial charge < -0.3 is 14.2 Å². The SMILES string of the molecule is COc1cc(/C=C2\SC(=O)N(CCOc3ccc(Cl)cc3)C2=O)cc(Br)c1OC(=O)c1cccs1. The number of hydrogen-bond acceptors (Lipinski definition) is 8. The van der Waals surface area contributed by atoms with Gasteiger partial charge in [-0.05, 0) is 87.2 Å². The van der Waals surface area contributed by atoms with Crippen LogP contribution in [0.5, 0.6) is 17.2 Å². The van der Waals surface area contributed by atoms with E-state index in [-0.39, 0.29) is 29.0 Å². The molecule has 1 aromatic heterocycles. The van der Waals surface area contributed by atoms with E-state index in [9.17, 15) is 14.4 Å². The highest BCUT2D eigenvalue weighted by atomic mass is 79.9. The topological polar surface area (TPSA) is 82.1 Å². The number of ether oxygens (including phenoxy) is 3. The summed E-state index contributed by atoms with van der Waals surface area (Å²) in [5.41, 5.74) is 0.590. The molecule has 1 saturated heterocycles. The van der Waals surface area contributed by atoms with Crippen LogP contribution in [0.1, 0.15) is 15.2 Å². The molecule has 2 amide bonds. The average molecular weight is 595 g/mol. The van der Waals surface area contributed by atoms with Crippen molar-refractivity contribution in [3.8, 4) is 17.2 Å². The third-order valence-electron chi connectivity index (χ3n) is 4.74. The number of amides is 2. The van der Waals surface area contributed by atoms with Gasteiger partial charge in [-0.3, -0.25) is 14.5 Å². The minimum absolute atomic E-state index is 0.106. The predicted octanol–water partition coefficient (Wildman–Crippen LogP) is 6.51. The first kappa shape index (κ1) is 25.3. The largest absolute Gasteiger partial charge is 0.493 e. The van der Waals surface area contributed by atoms with E-state index in [0.717, 1.165) is 16.7 Å². The standard InChI is InChI=1S/C24H17BrClNO6S2/c1-31-18-12-14(11-17(25)21(18)33-23(29)19-3-2-10-34-19)13-20-22(28)27(24(30)35-20)8-9-32-16-6-4-15(26)5-7-16/h2-7,10-13H,8-9H2,1H3/b20-13-. The molecule has 0 bridgehead atoms. The number of thiophene rings is 1. The lowest BCUT2D eigenvalue weighted by Gasteiger charge is -2.13. The molecule has 180 valence electrons. The van der Waals surface area contributed by atoms with Crippen LogP contribution in [0, 0.1) is 0 Å². The fourth-order valence-electron chi connectivity index (χ4n) is 3.09. The molecule has 2 heterocycles. The average Bonchev–Trinajstić information content (AvgIpc) is 3.46. The van der Waals surface area contributed by atoms with Crippen LogP contribution in [-0.4, -0.2) is 42.3 Å². The number of hydrogen-bond donors (Lipinski definition) is 0. The first-order chi connectivity index (χ1) is 16.9. The molecule has 1 aliphatic heterocycles. The van der Waals surface area contributed by atoms with Crippen molar-refractivity contribution in [1.82, 2.24) is 4.90 Å². The molecule has 0 N–H and O–H groups in total. The maximum Gasteiger partial charge on any atom is 0.353 e. The number of rotatable bonds is 8. The monoisotopic (exact) mass is 593 g/mol. The second kappa shape index (κ2) is 11.3. The van der Waals surface area contributed by atoms with Gasteiger partial charge in [0, 0.05) is 5.02 Å². The van der Waals surface area contributed by atoms with Crippen molar-refractivity contribution in [3.63, 3.8) is 0 Å². The third-order valence-corrected chi connectivity index (χ3v) is 7.34. The van der Waals surface area contributed by atoms with E-state index in [1.165, 1.54) is 18.4 Å². The molecule has 0 atom stereocenters. The number of methoxy groups -OCH3 is 1. The summed E-state index contributed by atoms with van der Waals surface area (Å²) < 4.78 is 17.0. The first-order valence-corrected chi connectivity index (χ1v) is 13.0. The zero-order valence-electron chi connectivity index (χ0n) is 18.2. The maximum atomic E-state index is 12.8. The predicted molar refractivity (Wildman–Crippen MR) is 140 cm³/mol. The summed E-state index contributed by atoms with van der Waals surface area (Å²) in [5.74, 6) is 0.187. The number of nitrogens with zero attached hydrogens (tertiary/aromatic N) is 1. The maximum absolute atomic E-state index is 12.8. The highest BCUT2D eigenvalue weighted by molar-refractivity contribution is 9.10. The van der Waals surface area contributed by atoms with E-state index in [4.69, 9.17) is 25.8 Å². The molecular formula is C24H17BrClNO6S2. The van der Waals surface area contributed by atoms with Crippen molar-refractivity contribution in [2.24, 2.45) is 0 Å². The molecule has 1 fully saturated rings. The van der Waals surface area contributed by atoms with Crippen molar-refractivity contribution in [2.45, 2.75) is 0 Å². The van der Waals surface area contributed by atoms with Crippen LogP contribution in [0.15, 0.2) is 63.3 Å². The third kappa shape index (κ3) is 6.07. The van der Waals surface area contributed by atoms with E-state index in [0.29, 0.717) is 31.4 Å².